The Balaban J connectivity index is 2.22. The number of rotatable bonds is 1. The molecule has 1 fully saturated rings. The lowest BCUT2D eigenvalue weighted by molar-refractivity contribution is 0.00578. The predicted octanol–water partition coefficient (Wildman–Crippen LogP) is 1.58. The molecule has 1 aliphatic rings. The molecule has 14 heavy (non-hydrogen) atoms. The summed E-state index contributed by atoms with van der Waals surface area (Å²) in [5.41, 5.74) is 0.368. The molecule has 0 atom stereocenters. The monoisotopic (exact) mass is 194 g/mol. The molecule has 0 aliphatic carbocycles. The van der Waals surface area contributed by atoms with Gasteiger partial charge in [-0.25, -0.2) is 0 Å². The van der Waals surface area contributed by atoms with Gasteiger partial charge in [0.05, 0.1) is 23.7 Å². The van der Waals surface area contributed by atoms with Gasteiger partial charge in [-0.2, -0.15) is 0 Å². The van der Waals surface area contributed by atoms with E-state index in [-0.39, 0.29) is 18.3 Å². The SMILES string of the molecule is CC1(C)OB(c2ccoc2)OC1(C)C. The summed E-state index contributed by atoms with van der Waals surface area (Å²) in [5.74, 6) is 0. The summed E-state index contributed by atoms with van der Waals surface area (Å²) in [6.45, 7) is 8.14. The van der Waals surface area contributed by atoms with Crippen molar-refractivity contribution in [3.05, 3.63) is 18.6 Å². The summed E-state index contributed by atoms with van der Waals surface area (Å²) in [6, 6.07) is 1.86. The predicted molar refractivity (Wildman–Crippen MR) is 54.4 cm³/mol. The Morgan fingerprint density at radius 1 is 1.07 bits per heavy atom. The van der Waals surface area contributed by atoms with Gasteiger partial charge in [-0.3, -0.25) is 0 Å². The smallest absolute Gasteiger partial charge is 0.473 e. The number of hydrogen-bond donors (Lipinski definition) is 0. The van der Waals surface area contributed by atoms with E-state index in [4.69, 9.17) is 13.7 Å². The highest BCUT2D eigenvalue weighted by Crippen LogP contribution is 2.36. The average Bonchev–Trinajstić information content (AvgIpc) is 2.58. The zero-order chi connectivity index (χ0) is 10.4. The maximum atomic E-state index is 5.83. The largest absolute Gasteiger partial charge is 0.498 e. The van der Waals surface area contributed by atoms with Crippen molar-refractivity contribution in [3.8, 4) is 0 Å². The van der Waals surface area contributed by atoms with Gasteiger partial charge in [-0.1, -0.05) is 0 Å². The number of hydrogen-bond acceptors (Lipinski definition) is 3. The third-order valence-corrected chi connectivity index (χ3v) is 3.07. The van der Waals surface area contributed by atoms with Crippen molar-refractivity contribution in [2.24, 2.45) is 0 Å². The Morgan fingerprint density at radius 3 is 2.07 bits per heavy atom. The second-order valence-corrected chi connectivity index (χ2v) is 4.64. The second kappa shape index (κ2) is 2.88. The Kier molecular flexibility index (Phi) is 2.01. The van der Waals surface area contributed by atoms with E-state index >= 15 is 0 Å². The average molecular weight is 194 g/mol. The van der Waals surface area contributed by atoms with Gasteiger partial charge in [0.25, 0.3) is 0 Å². The lowest BCUT2D eigenvalue weighted by Gasteiger charge is -2.32. The molecule has 1 aliphatic heterocycles. The van der Waals surface area contributed by atoms with E-state index < -0.39 is 0 Å². The zero-order valence-electron chi connectivity index (χ0n) is 9.03. The van der Waals surface area contributed by atoms with Crippen LogP contribution in [0.5, 0.6) is 0 Å². The molecule has 2 rings (SSSR count). The van der Waals surface area contributed by atoms with Gasteiger partial charge in [-0.15, -0.1) is 0 Å². The molecular weight excluding hydrogens is 179 g/mol. The van der Waals surface area contributed by atoms with Crippen LogP contribution >= 0.6 is 0 Å². The van der Waals surface area contributed by atoms with Crippen molar-refractivity contribution in [2.75, 3.05) is 0 Å². The second-order valence-electron chi connectivity index (χ2n) is 4.64. The fourth-order valence-electron chi connectivity index (χ4n) is 1.39. The van der Waals surface area contributed by atoms with Crippen LogP contribution in [0.1, 0.15) is 27.7 Å². The Hall–Kier alpha value is -0.735. The molecule has 1 aromatic heterocycles. The highest BCUT2D eigenvalue weighted by atomic mass is 16.7. The van der Waals surface area contributed by atoms with Crippen LogP contribution in [-0.4, -0.2) is 18.3 Å². The fourth-order valence-corrected chi connectivity index (χ4v) is 1.39. The van der Waals surface area contributed by atoms with Crippen LogP contribution in [0.15, 0.2) is 23.0 Å². The third kappa shape index (κ3) is 1.39. The fraction of sp³-hybridized carbons (Fsp3) is 0.600. The molecule has 2 heterocycles. The molecule has 0 aromatic carbocycles. The molecule has 1 saturated heterocycles. The minimum absolute atomic E-state index is 0.283. The molecular formula is C10H15BO3. The van der Waals surface area contributed by atoms with E-state index in [0.717, 1.165) is 5.46 Å². The van der Waals surface area contributed by atoms with Crippen LogP contribution in [0, 0.1) is 0 Å². The molecule has 1 aromatic rings. The van der Waals surface area contributed by atoms with E-state index in [1.165, 1.54) is 0 Å². The van der Waals surface area contributed by atoms with E-state index in [1.807, 2.05) is 33.8 Å². The minimum atomic E-state index is -0.307. The van der Waals surface area contributed by atoms with Crippen LogP contribution in [0.2, 0.25) is 0 Å². The van der Waals surface area contributed by atoms with E-state index in [9.17, 15) is 0 Å². The van der Waals surface area contributed by atoms with Gasteiger partial charge in [-0.05, 0) is 33.8 Å². The van der Waals surface area contributed by atoms with Crippen LogP contribution in [0.3, 0.4) is 0 Å². The first-order valence-corrected chi connectivity index (χ1v) is 4.80. The summed E-state index contributed by atoms with van der Waals surface area (Å²) in [5, 5.41) is 0. The number of furan rings is 1. The summed E-state index contributed by atoms with van der Waals surface area (Å²) < 4.78 is 16.7. The highest BCUT2D eigenvalue weighted by Gasteiger charge is 2.51. The molecule has 0 N–H and O–H groups in total. The van der Waals surface area contributed by atoms with Gasteiger partial charge >= 0.3 is 7.12 Å². The summed E-state index contributed by atoms with van der Waals surface area (Å²) in [7, 11) is -0.307. The lowest BCUT2D eigenvalue weighted by Crippen LogP contribution is -2.41. The maximum Gasteiger partial charge on any atom is 0.498 e. The summed E-state index contributed by atoms with van der Waals surface area (Å²) >= 11 is 0. The van der Waals surface area contributed by atoms with Crippen molar-refractivity contribution in [2.45, 2.75) is 38.9 Å². The van der Waals surface area contributed by atoms with Crippen LogP contribution in [-0.2, 0) is 9.31 Å². The first kappa shape index (κ1) is 9.81. The topological polar surface area (TPSA) is 31.6 Å². The van der Waals surface area contributed by atoms with Crippen LogP contribution < -0.4 is 5.46 Å². The first-order chi connectivity index (χ1) is 6.42. The van der Waals surface area contributed by atoms with E-state index in [0.29, 0.717) is 0 Å². The Labute approximate surface area is 84.5 Å². The molecule has 4 heteroatoms. The van der Waals surface area contributed by atoms with Gasteiger partial charge in [0.15, 0.2) is 0 Å². The van der Waals surface area contributed by atoms with Crippen molar-refractivity contribution in [1.29, 1.82) is 0 Å². The molecule has 0 spiro atoms. The minimum Gasteiger partial charge on any atom is -0.473 e. The molecule has 0 amide bonds. The van der Waals surface area contributed by atoms with Gasteiger partial charge in [0, 0.05) is 5.46 Å². The van der Waals surface area contributed by atoms with Crippen molar-refractivity contribution >= 4 is 12.6 Å². The van der Waals surface area contributed by atoms with Crippen molar-refractivity contribution in [1.82, 2.24) is 0 Å². The highest BCUT2D eigenvalue weighted by molar-refractivity contribution is 6.62. The lowest BCUT2D eigenvalue weighted by atomic mass is 9.81. The molecule has 0 bridgehead atoms. The van der Waals surface area contributed by atoms with Gasteiger partial charge in [0.2, 0.25) is 0 Å². The molecule has 0 saturated carbocycles. The Bertz CT molecular complexity index is 300. The van der Waals surface area contributed by atoms with Crippen molar-refractivity contribution < 1.29 is 13.7 Å². The van der Waals surface area contributed by atoms with Gasteiger partial charge < -0.3 is 13.7 Å². The van der Waals surface area contributed by atoms with Crippen molar-refractivity contribution in [3.63, 3.8) is 0 Å². The summed E-state index contributed by atoms with van der Waals surface area (Å²) in [4.78, 5) is 0. The zero-order valence-corrected chi connectivity index (χ0v) is 9.03. The van der Waals surface area contributed by atoms with Gasteiger partial charge in [0.1, 0.15) is 0 Å². The molecule has 76 valence electrons. The molecule has 0 radical (unpaired) electrons. The normalized spacial score (nSPS) is 24.1. The van der Waals surface area contributed by atoms with Crippen LogP contribution in [0.25, 0.3) is 0 Å². The first-order valence-electron chi connectivity index (χ1n) is 4.80. The molecule has 0 unspecified atom stereocenters. The standard InChI is InChI=1S/C10H15BO3/c1-9(2)10(3,4)14-11(13-9)8-5-6-12-7-8/h5-7H,1-4H3. The third-order valence-electron chi connectivity index (χ3n) is 3.07. The van der Waals surface area contributed by atoms with E-state index in [1.54, 1.807) is 12.5 Å². The summed E-state index contributed by atoms with van der Waals surface area (Å²) in [6.07, 6.45) is 3.28. The van der Waals surface area contributed by atoms with E-state index in [2.05, 4.69) is 0 Å². The Morgan fingerprint density at radius 2 is 1.64 bits per heavy atom. The maximum absolute atomic E-state index is 5.83. The molecule has 3 nitrogen and oxygen atoms in total. The quantitative estimate of drug-likeness (QED) is 0.636. The van der Waals surface area contributed by atoms with Crippen LogP contribution in [0.4, 0.5) is 0 Å².